The van der Waals surface area contributed by atoms with E-state index < -0.39 is 0 Å². The molecule has 0 atom stereocenters. The number of ether oxygens (including phenoxy) is 2. The molecule has 0 aliphatic rings. The van der Waals surface area contributed by atoms with Crippen LogP contribution in [0, 0.1) is 3.57 Å². The molecule has 0 heterocycles. The van der Waals surface area contributed by atoms with Crippen LogP contribution in [0.5, 0.6) is 11.5 Å². The van der Waals surface area contributed by atoms with Crippen LogP contribution in [0.15, 0.2) is 12.1 Å². The molecule has 1 aromatic rings. The summed E-state index contributed by atoms with van der Waals surface area (Å²) in [6.45, 7) is 2.22. The van der Waals surface area contributed by atoms with Gasteiger partial charge in [0.1, 0.15) is 0 Å². The molecule has 100 valence electrons. The van der Waals surface area contributed by atoms with Crippen LogP contribution in [-0.4, -0.2) is 26.7 Å². The molecule has 0 aliphatic carbocycles. The van der Waals surface area contributed by atoms with Crippen LogP contribution in [0.25, 0.3) is 0 Å². The van der Waals surface area contributed by atoms with Gasteiger partial charge in [0.15, 0.2) is 11.5 Å². The van der Waals surface area contributed by atoms with E-state index in [1.165, 1.54) is 12.5 Å². The van der Waals surface area contributed by atoms with E-state index in [9.17, 15) is 4.79 Å². The van der Waals surface area contributed by atoms with Gasteiger partial charge >= 0.3 is 0 Å². The summed E-state index contributed by atoms with van der Waals surface area (Å²) < 4.78 is 11.7. The SMILES string of the molecule is COc1cc(I)c(CCCNC(C)=O)cc1OC. The molecule has 1 rings (SSSR count). The number of carbonyl (C=O) groups is 1. The highest BCUT2D eigenvalue weighted by Gasteiger charge is 2.09. The smallest absolute Gasteiger partial charge is 0.216 e. The maximum absolute atomic E-state index is 10.8. The maximum atomic E-state index is 10.8. The predicted molar refractivity (Wildman–Crippen MR) is 79.3 cm³/mol. The molecule has 0 aliphatic heterocycles. The number of aryl methyl sites for hydroxylation is 1. The molecule has 1 aromatic carbocycles. The van der Waals surface area contributed by atoms with Crippen molar-refractivity contribution >= 4 is 28.5 Å². The van der Waals surface area contributed by atoms with Gasteiger partial charge in [-0.25, -0.2) is 0 Å². The van der Waals surface area contributed by atoms with Crippen LogP contribution in [0.2, 0.25) is 0 Å². The fraction of sp³-hybridized carbons (Fsp3) is 0.462. The van der Waals surface area contributed by atoms with Crippen LogP contribution in [0.4, 0.5) is 0 Å². The number of rotatable bonds is 6. The second kappa shape index (κ2) is 7.45. The van der Waals surface area contributed by atoms with Crippen LogP contribution >= 0.6 is 22.6 Å². The maximum Gasteiger partial charge on any atom is 0.216 e. The van der Waals surface area contributed by atoms with E-state index in [1.807, 2.05) is 12.1 Å². The van der Waals surface area contributed by atoms with Crippen LogP contribution in [0.1, 0.15) is 18.9 Å². The monoisotopic (exact) mass is 363 g/mol. The summed E-state index contributed by atoms with van der Waals surface area (Å²) in [6.07, 6.45) is 1.81. The Morgan fingerprint density at radius 2 is 1.89 bits per heavy atom. The van der Waals surface area contributed by atoms with Crippen molar-refractivity contribution < 1.29 is 14.3 Å². The molecule has 0 aromatic heterocycles. The topological polar surface area (TPSA) is 47.6 Å². The lowest BCUT2D eigenvalue weighted by Crippen LogP contribution is -2.21. The minimum atomic E-state index is 0.0111. The number of benzene rings is 1. The third-order valence-corrected chi connectivity index (χ3v) is 3.55. The molecule has 0 bridgehead atoms. The summed E-state index contributed by atoms with van der Waals surface area (Å²) in [6, 6.07) is 3.96. The third-order valence-electron chi connectivity index (χ3n) is 2.55. The molecule has 0 fully saturated rings. The zero-order valence-corrected chi connectivity index (χ0v) is 13.0. The van der Waals surface area contributed by atoms with Gasteiger partial charge in [-0.2, -0.15) is 0 Å². The molecule has 0 saturated carbocycles. The van der Waals surface area contributed by atoms with Crippen LogP contribution in [0.3, 0.4) is 0 Å². The third kappa shape index (κ3) is 4.36. The van der Waals surface area contributed by atoms with Gasteiger partial charge in [-0.3, -0.25) is 4.79 Å². The normalized spacial score (nSPS) is 10.0. The van der Waals surface area contributed by atoms with E-state index in [2.05, 4.69) is 27.9 Å². The van der Waals surface area contributed by atoms with Crippen molar-refractivity contribution in [3.8, 4) is 11.5 Å². The average Bonchev–Trinajstić information content (AvgIpc) is 2.35. The highest BCUT2D eigenvalue weighted by Crippen LogP contribution is 2.31. The van der Waals surface area contributed by atoms with E-state index in [-0.39, 0.29) is 5.91 Å². The van der Waals surface area contributed by atoms with Crippen molar-refractivity contribution in [1.82, 2.24) is 5.32 Å². The summed E-state index contributed by atoms with van der Waals surface area (Å²) >= 11 is 2.28. The minimum absolute atomic E-state index is 0.0111. The standard InChI is InChI=1S/C13H18INO3/c1-9(16)15-6-4-5-10-7-12(17-2)13(18-3)8-11(10)14/h7-8H,4-6H2,1-3H3,(H,15,16). The lowest BCUT2D eigenvalue weighted by atomic mass is 10.1. The highest BCUT2D eigenvalue weighted by atomic mass is 127. The van der Waals surface area contributed by atoms with Crippen LogP contribution < -0.4 is 14.8 Å². The number of methoxy groups -OCH3 is 2. The number of hydrogen-bond donors (Lipinski definition) is 1. The lowest BCUT2D eigenvalue weighted by Gasteiger charge is -2.12. The summed E-state index contributed by atoms with van der Waals surface area (Å²) in [4.78, 5) is 10.8. The second-order valence-electron chi connectivity index (χ2n) is 3.89. The van der Waals surface area contributed by atoms with Gasteiger partial charge in [-0.1, -0.05) is 0 Å². The Labute approximate surface area is 121 Å². The first-order valence-electron chi connectivity index (χ1n) is 5.73. The average molecular weight is 363 g/mol. The molecular weight excluding hydrogens is 345 g/mol. The quantitative estimate of drug-likeness (QED) is 0.624. The largest absolute Gasteiger partial charge is 0.493 e. The van der Waals surface area contributed by atoms with E-state index in [1.54, 1.807) is 14.2 Å². The lowest BCUT2D eigenvalue weighted by molar-refractivity contribution is -0.118. The van der Waals surface area contributed by atoms with E-state index in [0.29, 0.717) is 6.54 Å². The van der Waals surface area contributed by atoms with E-state index >= 15 is 0 Å². The molecule has 0 unspecified atom stereocenters. The van der Waals surface area contributed by atoms with Gasteiger partial charge in [0.25, 0.3) is 0 Å². The Hall–Kier alpha value is -0.980. The minimum Gasteiger partial charge on any atom is -0.493 e. The summed E-state index contributed by atoms with van der Waals surface area (Å²) in [7, 11) is 3.26. The molecule has 0 saturated heterocycles. The highest BCUT2D eigenvalue weighted by molar-refractivity contribution is 14.1. The molecule has 0 radical (unpaired) electrons. The Balaban J connectivity index is 2.68. The summed E-state index contributed by atoms with van der Waals surface area (Å²) in [5, 5.41) is 2.79. The number of carbonyl (C=O) groups excluding carboxylic acids is 1. The van der Waals surface area contributed by atoms with Gasteiger partial charge in [0, 0.05) is 17.0 Å². The Morgan fingerprint density at radius 3 is 2.44 bits per heavy atom. The van der Waals surface area contributed by atoms with Crippen molar-refractivity contribution in [2.45, 2.75) is 19.8 Å². The number of amides is 1. The fourth-order valence-electron chi connectivity index (χ4n) is 1.63. The zero-order chi connectivity index (χ0) is 13.5. The van der Waals surface area contributed by atoms with E-state index in [0.717, 1.165) is 27.9 Å². The Kier molecular flexibility index (Phi) is 6.24. The van der Waals surface area contributed by atoms with E-state index in [4.69, 9.17) is 9.47 Å². The first kappa shape index (κ1) is 15.1. The predicted octanol–water partition coefficient (Wildman–Crippen LogP) is 2.38. The fourth-order valence-corrected chi connectivity index (χ4v) is 2.34. The van der Waals surface area contributed by atoms with Crippen molar-refractivity contribution in [3.05, 3.63) is 21.3 Å². The summed E-state index contributed by atoms with van der Waals surface area (Å²) in [5.41, 5.74) is 1.21. The van der Waals surface area contributed by atoms with Gasteiger partial charge in [0.2, 0.25) is 5.91 Å². The Morgan fingerprint density at radius 1 is 1.28 bits per heavy atom. The van der Waals surface area contributed by atoms with Gasteiger partial charge < -0.3 is 14.8 Å². The molecule has 1 N–H and O–H groups in total. The molecule has 1 amide bonds. The number of halogens is 1. The van der Waals surface area contributed by atoms with Crippen molar-refractivity contribution in [2.75, 3.05) is 20.8 Å². The van der Waals surface area contributed by atoms with Crippen molar-refractivity contribution in [3.63, 3.8) is 0 Å². The molecule has 0 spiro atoms. The van der Waals surface area contributed by atoms with Gasteiger partial charge in [-0.15, -0.1) is 0 Å². The van der Waals surface area contributed by atoms with Gasteiger partial charge in [0.05, 0.1) is 14.2 Å². The first-order chi connectivity index (χ1) is 8.58. The molecule has 4 nitrogen and oxygen atoms in total. The number of nitrogens with one attached hydrogen (secondary N) is 1. The molecular formula is C13H18INO3. The van der Waals surface area contributed by atoms with Gasteiger partial charge in [-0.05, 0) is 53.1 Å². The number of hydrogen-bond acceptors (Lipinski definition) is 3. The van der Waals surface area contributed by atoms with Crippen molar-refractivity contribution in [2.24, 2.45) is 0 Å². The van der Waals surface area contributed by atoms with Crippen molar-refractivity contribution in [1.29, 1.82) is 0 Å². The van der Waals surface area contributed by atoms with Crippen LogP contribution in [-0.2, 0) is 11.2 Å². The summed E-state index contributed by atoms with van der Waals surface area (Å²) in [5.74, 6) is 1.50. The molecule has 18 heavy (non-hydrogen) atoms. The second-order valence-corrected chi connectivity index (χ2v) is 5.05. The first-order valence-corrected chi connectivity index (χ1v) is 6.81. The Bertz CT molecular complexity index is 421. The zero-order valence-electron chi connectivity index (χ0n) is 10.9. The molecule has 5 heteroatoms.